The summed E-state index contributed by atoms with van der Waals surface area (Å²) < 4.78 is 4.60. The number of rotatable bonds is 4. The summed E-state index contributed by atoms with van der Waals surface area (Å²) in [4.78, 5) is 23.0. The number of carbonyl (C=O) groups excluding carboxylic acids is 2. The molecule has 17 heavy (non-hydrogen) atoms. The highest BCUT2D eigenvalue weighted by atomic mass is 32.1. The first-order chi connectivity index (χ1) is 8.26. The minimum Gasteiger partial charge on any atom is -0.468 e. The first kappa shape index (κ1) is 12.0. The van der Waals surface area contributed by atoms with E-state index in [-0.39, 0.29) is 0 Å². The van der Waals surface area contributed by atoms with Gasteiger partial charge in [-0.2, -0.15) is 11.3 Å². The third-order valence-corrected chi connectivity index (χ3v) is 4.07. The molecule has 0 aliphatic rings. The second-order valence-electron chi connectivity index (χ2n) is 3.39. The van der Waals surface area contributed by atoms with Gasteiger partial charge in [-0.25, -0.2) is 0 Å². The maximum Gasteiger partial charge on any atom is 0.321 e. The van der Waals surface area contributed by atoms with Crippen LogP contribution in [0.25, 0.3) is 11.1 Å². The molecule has 1 unspecified atom stereocenters. The molecule has 0 aliphatic carbocycles. The number of aldehydes is 1. The van der Waals surface area contributed by atoms with Crippen molar-refractivity contribution in [3.8, 4) is 11.1 Å². The quantitative estimate of drug-likeness (QED) is 0.485. The third-order valence-electron chi connectivity index (χ3n) is 2.37. The molecule has 0 bridgehead atoms. The summed E-state index contributed by atoms with van der Waals surface area (Å²) in [5.41, 5.74) is 2.13. The van der Waals surface area contributed by atoms with Gasteiger partial charge in [-0.05, 0) is 39.4 Å². The molecular formula is C12H10O3S2. The molecule has 2 heterocycles. The lowest BCUT2D eigenvalue weighted by molar-refractivity contribution is -0.143. The van der Waals surface area contributed by atoms with Crippen LogP contribution in [-0.2, 0) is 14.3 Å². The molecule has 0 fully saturated rings. The minimum absolute atomic E-state index is 0.515. The second kappa shape index (κ2) is 5.25. The molecule has 0 saturated carbocycles. The molecular weight excluding hydrogens is 256 g/mol. The van der Waals surface area contributed by atoms with Gasteiger partial charge in [0.1, 0.15) is 12.2 Å². The predicted molar refractivity (Wildman–Crippen MR) is 68.5 cm³/mol. The summed E-state index contributed by atoms with van der Waals surface area (Å²) in [7, 11) is 1.28. The highest BCUT2D eigenvalue weighted by Gasteiger charge is 2.22. The Labute approximate surface area is 107 Å². The van der Waals surface area contributed by atoms with E-state index >= 15 is 0 Å². The number of ether oxygens (including phenoxy) is 1. The fourth-order valence-electron chi connectivity index (χ4n) is 1.46. The van der Waals surface area contributed by atoms with E-state index in [2.05, 4.69) is 4.74 Å². The minimum atomic E-state index is -0.808. The Hall–Kier alpha value is -1.46. The van der Waals surface area contributed by atoms with E-state index in [1.165, 1.54) is 18.4 Å². The van der Waals surface area contributed by atoms with Crippen molar-refractivity contribution in [1.29, 1.82) is 0 Å². The van der Waals surface area contributed by atoms with Crippen LogP contribution >= 0.6 is 22.7 Å². The summed E-state index contributed by atoms with van der Waals surface area (Å²) in [6.07, 6.45) is 0.620. The van der Waals surface area contributed by atoms with Gasteiger partial charge in [0.25, 0.3) is 0 Å². The Morgan fingerprint density at radius 1 is 1.41 bits per heavy atom. The molecule has 2 aromatic rings. The van der Waals surface area contributed by atoms with Crippen LogP contribution in [0.4, 0.5) is 0 Å². The van der Waals surface area contributed by atoms with Gasteiger partial charge in [-0.3, -0.25) is 4.79 Å². The van der Waals surface area contributed by atoms with E-state index in [1.54, 1.807) is 11.3 Å². The maximum atomic E-state index is 11.4. The molecule has 0 radical (unpaired) electrons. The maximum absolute atomic E-state index is 11.4. The van der Waals surface area contributed by atoms with E-state index in [9.17, 15) is 9.59 Å². The zero-order valence-electron chi connectivity index (χ0n) is 9.08. The van der Waals surface area contributed by atoms with E-state index in [4.69, 9.17) is 0 Å². The molecule has 0 saturated heterocycles. The van der Waals surface area contributed by atoms with E-state index in [0.717, 1.165) is 11.1 Å². The molecule has 0 spiro atoms. The van der Waals surface area contributed by atoms with Gasteiger partial charge >= 0.3 is 5.97 Å². The summed E-state index contributed by atoms with van der Waals surface area (Å²) in [5, 5.41) is 5.96. The van der Waals surface area contributed by atoms with Gasteiger partial charge in [0.2, 0.25) is 0 Å². The van der Waals surface area contributed by atoms with Gasteiger partial charge in [-0.15, -0.1) is 11.3 Å². The van der Waals surface area contributed by atoms with Gasteiger partial charge in [0, 0.05) is 4.88 Å². The predicted octanol–water partition coefficient (Wildman–Crippen LogP) is 2.93. The van der Waals surface area contributed by atoms with Crippen molar-refractivity contribution >= 4 is 34.9 Å². The molecule has 3 nitrogen and oxygen atoms in total. The van der Waals surface area contributed by atoms with Crippen molar-refractivity contribution in [2.45, 2.75) is 5.92 Å². The number of methoxy groups -OCH3 is 1. The van der Waals surface area contributed by atoms with Crippen molar-refractivity contribution in [3.05, 3.63) is 33.2 Å². The molecule has 1 atom stereocenters. The lowest BCUT2D eigenvalue weighted by Crippen LogP contribution is -2.14. The molecule has 2 rings (SSSR count). The smallest absolute Gasteiger partial charge is 0.321 e. The summed E-state index contributed by atoms with van der Waals surface area (Å²) in [5.74, 6) is -1.32. The lowest BCUT2D eigenvalue weighted by atomic mass is 10.1. The van der Waals surface area contributed by atoms with Crippen LogP contribution in [0.15, 0.2) is 28.3 Å². The average Bonchev–Trinajstić information content (AvgIpc) is 2.99. The lowest BCUT2D eigenvalue weighted by Gasteiger charge is -2.04. The normalized spacial score (nSPS) is 12.1. The van der Waals surface area contributed by atoms with Gasteiger partial charge in [0.15, 0.2) is 0 Å². The topological polar surface area (TPSA) is 43.4 Å². The Morgan fingerprint density at radius 3 is 2.82 bits per heavy atom. The molecule has 88 valence electrons. The van der Waals surface area contributed by atoms with Crippen LogP contribution in [0, 0.1) is 0 Å². The summed E-state index contributed by atoms with van der Waals surface area (Å²) >= 11 is 3.01. The second-order valence-corrected chi connectivity index (χ2v) is 5.11. The molecule has 0 aromatic carbocycles. The number of hydrogen-bond acceptors (Lipinski definition) is 5. The van der Waals surface area contributed by atoms with E-state index in [0.29, 0.717) is 11.2 Å². The van der Waals surface area contributed by atoms with Gasteiger partial charge in [0.05, 0.1) is 7.11 Å². The molecule has 0 N–H and O–H groups in total. The zero-order chi connectivity index (χ0) is 12.3. The molecule has 5 heteroatoms. The van der Waals surface area contributed by atoms with Crippen LogP contribution < -0.4 is 0 Å². The number of esters is 1. The molecule has 0 aliphatic heterocycles. The first-order valence-electron chi connectivity index (χ1n) is 4.90. The number of thiophene rings is 2. The molecule has 0 amide bonds. The largest absolute Gasteiger partial charge is 0.468 e. The van der Waals surface area contributed by atoms with Crippen LogP contribution in [0.2, 0.25) is 0 Å². The van der Waals surface area contributed by atoms with Crippen LogP contribution in [0.3, 0.4) is 0 Å². The average molecular weight is 266 g/mol. The van der Waals surface area contributed by atoms with Crippen molar-refractivity contribution in [1.82, 2.24) is 0 Å². The van der Waals surface area contributed by atoms with Crippen molar-refractivity contribution in [2.75, 3.05) is 7.11 Å². The zero-order valence-corrected chi connectivity index (χ0v) is 10.7. The first-order valence-corrected chi connectivity index (χ1v) is 6.72. The SMILES string of the molecule is COC(=O)C(C=O)c1cc(-c2ccsc2)cs1. The standard InChI is InChI=1S/C12H10O3S2/c1-15-12(14)10(5-13)11-4-9(7-17-11)8-2-3-16-6-8/h2-7,10H,1H3. The Morgan fingerprint density at radius 2 is 2.24 bits per heavy atom. The van der Waals surface area contributed by atoms with Crippen molar-refractivity contribution in [2.24, 2.45) is 0 Å². The summed E-state index contributed by atoms with van der Waals surface area (Å²) in [6, 6.07) is 3.87. The highest BCUT2D eigenvalue weighted by Crippen LogP contribution is 2.31. The number of carbonyl (C=O) groups is 2. The number of hydrogen-bond donors (Lipinski definition) is 0. The monoisotopic (exact) mass is 266 g/mol. The van der Waals surface area contributed by atoms with E-state index < -0.39 is 11.9 Å². The van der Waals surface area contributed by atoms with Crippen molar-refractivity contribution < 1.29 is 14.3 Å². The Kier molecular flexibility index (Phi) is 3.71. The molecule has 2 aromatic heterocycles. The van der Waals surface area contributed by atoms with Crippen molar-refractivity contribution in [3.63, 3.8) is 0 Å². The summed E-state index contributed by atoms with van der Waals surface area (Å²) in [6.45, 7) is 0. The Bertz CT molecular complexity index is 514. The van der Waals surface area contributed by atoms with E-state index in [1.807, 2.05) is 28.3 Å². The third kappa shape index (κ3) is 2.45. The fraction of sp³-hybridized carbons (Fsp3) is 0.167. The fourth-order valence-corrected chi connectivity index (χ4v) is 3.09. The van der Waals surface area contributed by atoms with Gasteiger partial charge in [-0.1, -0.05) is 0 Å². The van der Waals surface area contributed by atoms with Crippen LogP contribution in [0.1, 0.15) is 10.8 Å². The van der Waals surface area contributed by atoms with Gasteiger partial charge < -0.3 is 9.53 Å². The highest BCUT2D eigenvalue weighted by molar-refractivity contribution is 7.11. The Balaban J connectivity index is 2.28. The van der Waals surface area contributed by atoms with Crippen LogP contribution in [0.5, 0.6) is 0 Å². The van der Waals surface area contributed by atoms with Crippen LogP contribution in [-0.4, -0.2) is 19.4 Å².